The van der Waals surface area contributed by atoms with Crippen LogP contribution in [0.2, 0.25) is 0 Å². The number of nitrogens with one attached hydrogen (secondary N) is 2. The molecule has 0 unspecified atom stereocenters. The van der Waals surface area contributed by atoms with Crippen LogP contribution in [0.25, 0.3) is 11.3 Å². The highest BCUT2D eigenvalue weighted by atomic mass is 16.5. The molecular formula is C17H19N5O2. The first-order valence-electron chi connectivity index (χ1n) is 7.65. The Labute approximate surface area is 139 Å². The number of hydrogen-bond donors (Lipinski definition) is 2. The molecule has 0 saturated heterocycles. The zero-order chi connectivity index (χ0) is 17.2. The molecule has 0 aliphatic carbocycles. The summed E-state index contributed by atoms with van der Waals surface area (Å²) in [4.78, 5) is 12.4. The van der Waals surface area contributed by atoms with Crippen molar-refractivity contribution in [2.75, 3.05) is 0 Å². The Hall–Kier alpha value is -2.96. The molecule has 0 atom stereocenters. The highest BCUT2D eigenvalue weighted by Gasteiger charge is 2.21. The van der Waals surface area contributed by atoms with Gasteiger partial charge in [0, 0.05) is 17.0 Å². The first-order chi connectivity index (χ1) is 11.4. The summed E-state index contributed by atoms with van der Waals surface area (Å²) in [6.07, 6.45) is 0. The largest absolute Gasteiger partial charge is 0.361 e. The Kier molecular flexibility index (Phi) is 4.16. The summed E-state index contributed by atoms with van der Waals surface area (Å²) in [6, 6.07) is 11.3. The predicted octanol–water partition coefficient (Wildman–Crippen LogP) is 2.69. The molecule has 2 heterocycles. The van der Waals surface area contributed by atoms with Crippen molar-refractivity contribution < 1.29 is 9.32 Å². The lowest BCUT2D eigenvalue weighted by molar-refractivity contribution is 0.0945. The van der Waals surface area contributed by atoms with Crippen molar-refractivity contribution in [2.24, 2.45) is 0 Å². The first kappa shape index (κ1) is 15.9. The van der Waals surface area contributed by atoms with E-state index in [-0.39, 0.29) is 23.6 Å². The fourth-order valence-corrected chi connectivity index (χ4v) is 2.19. The molecule has 0 fully saturated rings. The lowest BCUT2D eigenvalue weighted by Crippen LogP contribution is -2.24. The minimum Gasteiger partial charge on any atom is -0.361 e. The lowest BCUT2D eigenvalue weighted by atomic mass is 9.93. The van der Waals surface area contributed by atoms with Gasteiger partial charge in [-0.1, -0.05) is 56.3 Å². The van der Waals surface area contributed by atoms with Gasteiger partial charge in [0.15, 0.2) is 5.69 Å². The molecule has 7 heteroatoms. The second kappa shape index (κ2) is 6.27. The number of aromatic nitrogens is 4. The van der Waals surface area contributed by atoms with Gasteiger partial charge in [0.1, 0.15) is 17.1 Å². The average Bonchev–Trinajstić information content (AvgIpc) is 3.22. The minimum absolute atomic E-state index is 0.123. The Morgan fingerprint density at radius 3 is 2.62 bits per heavy atom. The molecule has 3 rings (SSSR count). The van der Waals surface area contributed by atoms with Gasteiger partial charge in [0.25, 0.3) is 5.91 Å². The summed E-state index contributed by atoms with van der Waals surface area (Å²) in [5.74, 6) is 0.459. The van der Waals surface area contributed by atoms with Crippen LogP contribution in [-0.4, -0.2) is 26.5 Å². The summed E-state index contributed by atoms with van der Waals surface area (Å²) in [6.45, 7) is 6.38. The van der Waals surface area contributed by atoms with Crippen molar-refractivity contribution in [3.05, 3.63) is 53.5 Å². The fraction of sp³-hybridized carbons (Fsp3) is 0.294. The van der Waals surface area contributed by atoms with Crippen molar-refractivity contribution in [3.8, 4) is 11.3 Å². The predicted molar refractivity (Wildman–Crippen MR) is 88.2 cm³/mol. The van der Waals surface area contributed by atoms with E-state index in [1.807, 2.05) is 57.2 Å². The molecule has 1 aromatic carbocycles. The summed E-state index contributed by atoms with van der Waals surface area (Å²) in [5, 5.41) is 17.3. The molecule has 0 radical (unpaired) electrons. The van der Waals surface area contributed by atoms with Crippen molar-refractivity contribution in [1.82, 2.24) is 25.9 Å². The molecule has 2 aromatic heterocycles. The van der Waals surface area contributed by atoms with Crippen LogP contribution >= 0.6 is 0 Å². The molecule has 7 nitrogen and oxygen atoms in total. The van der Waals surface area contributed by atoms with Gasteiger partial charge >= 0.3 is 0 Å². The van der Waals surface area contributed by atoms with Gasteiger partial charge in [-0.2, -0.15) is 15.4 Å². The van der Waals surface area contributed by atoms with Crippen molar-refractivity contribution in [2.45, 2.75) is 32.7 Å². The highest BCUT2D eigenvalue weighted by Crippen LogP contribution is 2.23. The van der Waals surface area contributed by atoms with Gasteiger partial charge in [-0.25, -0.2) is 0 Å². The summed E-state index contributed by atoms with van der Waals surface area (Å²) in [7, 11) is 0. The zero-order valence-corrected chi connectivity index (χ0v) is 13.8. The maximum atomic E-state index is 12.4. The number of rotatable bonds is 4. The van der Waals surface area contributed by atoms with Crippen LogP contribution in [0, 0.1) is 0 Å². The maximum Gasteiger partial charge on any atom is 0.274 e. The number of nitrogens with zero attached hydrogens (tertiary/aromatic N) is 3. The number of amides is 1. The van der Waals surface area contributed by atoms with E-state index >= 15 is 0 Å². The molecule has 1 amide bonds. The highest BCUT2D eigenvalue weighted by molar-refractivity contribution is 5.97. The van der Waals surface area contributed by atoms with E-state index in [0.29, 0.717) is 11.4 Å². The smallest absolute Gasteiger partial charge is 0.274 e. The number of carbonyl (C=O) groups is 1. The van der Waals surface area contributed by atoms with E-state index in [2.05, 4.69) is 25.9 Å². The third-order valence-corrected chi connectivity index (χ3v) is 3.54. The number of hydrogen-bond acceptors (Lipinski definition) is 5. The molecule has 0 spiro atoms. The summed E-state index contributed by atoms with van der Waals surface area (Å²) >= 11 is 0. The van der Waals surface area contributed by atoms with E-state index < -0.39 is 0 Å². The molecule has 0 bridgehead atoms. The molecule has 0 saturated carbocycles. The first-order valence-corrected chi connectivity index (χ1v) is 7.65. The Morgan fingerprint density at radius 2 is 1.96 bits per heavy atom. The van der Waals surface area contributed by atoms with Crippen LogP contribution in [0.1, 0.15) is 42.7 Å². The Bertz CT molecular complexity index is 830. The third-order valence-electron chi connectivity index (χ3n) is 3.54. The second-order valence-electron chi connectivity index (χ2n) is 6.50. The topological polar surface area (TPSA) is 96.7 Å². The lowest BCUT2D eigenvalue weighted by Gasteiger charge is -2.12. The van der Waals surface area contributed by atoms with Gasteiger partial charge in [0.2, 0.25) is 0 Å². The molecule has 124 valence electrons. The van der Waals surface area contributed by atoms with Gasteiger partial charge in [-0.05, 0) is 0 Å². The fourth-order valence-electron chi connectivity index (χ4n) is 2.19. The Balaban J connectivity index is 1.71. The molecule has 2 N–H and O–H groups in total. The molecule has 0 aliphatic heterocycles. The van der Waals surface area contributed by atoms with Gasteiger partial charge in [-0.3, -0.25) is 4.79 Å². The molecular weight excluding hydrogens is 306 g/mol. The number of carbonyl (C=O) groups excluding carboxylic acids is 1. The quantitative estimate of drug-likeness (QED) is 0.768. The van der Waals surface area contributed by atoms with E-state index in [1.54, 1.807) is 0 Å². The maximum absolute atomic E-state index is 12.4. The van der Waals surface area contributed by atoms with Crippen molar-refractivity contribution in [1.29, 1.82) is 0 Å². The van der Waals surface area contributed by atoms with Crippen molar-refractivity contribution >= 4 is 5.91 Å². The van der Waals surface area contributed by atoms with E-state index in [4.69, 9.17) is 4.52 Å². The van der Waals surface area contributed by atoms with Crippen LogP contribution in [0.3, 0.4) is 0 Å². The minimum atomic E-state index is -0.317. The molecule has 3 aromatic rings. The number of H-pyrrole nitrogens is 1. The van der Waals surface area contributed by atoms with Crippen LogP contribution < -0.4 is 5.32 Å². The SMILES string of the molecule is CC(C)(C)c1cc(CNC(=O)c2n[nH]nc2-c2ccccc2)no1. The summed E-state index contributed by atoms with van der Waals surface area (Å²) in [5.41, 5.74) is 2.14. The van der Waals surface area contributed by atoms with E-state index in [9.17, 15) is 4.79 Å². The zero-order valence-electron chi connectivity index (χ0n) is 13.8. The number of aromatic amines is 1. The van der Waals surface area contributed by atoms with E-state index in [1.165, 1.54) is 0 Å². The van der Waals surface area contributed by atoms with Gasteiger partial charge < -0.3 is 9.84 Å². The van der Waals surface area contributed by atoms with E-state index in [0.717, 1.165) is 11.3 Å². The van der Waals surface area contributed by atoms with Crippen molar-refractivity contribution in [3.63, 3.8) is 0 Å². The van der Waals surface area contributed by atoms with Crippen LogP contribution in [0.5, 0.6) is 0 Å². The third kappa shape index (κ3) is 3.34. The second-order valence-corrected chi connectivity index (χ2v) is 6.50. The molecule has 0 aliphatic rings. The van der Waals surface area contributed by atoms with Crippen LogP contribution in [0.15, 0.2) is 40.9 Å². The molecule has 24 heavy (non-hydrogen) atoms. The normalized spacial score (nSPS) is 11.5. The van der Waals surface area contributed by atoms with Crippen LogP contribution in [0.4, 0.5) is 0 Å². The van der Waals surface area contributed by atoms with Crippen LogP contribution in [-0.2, 0) is 12.0 Å². The average molecular weight is 325 g/mol. The Morgan fingerprint density at radius 1 is 1.21 bits per heavy atom. The summed E-state index contributed by atoms with van der Waals surface area (Å²) < 4.78 is 5.31. The standard InChI is InChI=1S/C17H19N5O2/c1-17(2,3)13-9-12(21-24-13)10-18-16(23)15-14(19-22-20-15)11-7-5-4-6-8-11/h4-9H,10H2,1-3H3,(H,18,23)(H,19,20,22). The van der Waals surface area contributed by atoms with Gasteiger partial charge in [-0.15, -0.1) is 0 Å². The number of benzene rings is 1. The monoisotopic (exact) mass is 325 g/mol. The van der Waals surface area contributed by atoms with Gasteiger partial charge in [0.05, 0.1) is 6.54 Å².